The minimum absolute atomic E-state index is 0.00210. The van der Waals surface area contributed by atoms with Crippen LogP contribution in [0.1, 0.15) is 56.0 Å². The van der Waals surface area contributed by atoms with Gasteiger partial charge in [-0.05, 0) is 53.5 Å². The third-order valence-electron chi connectivity index (χ3n) is 6.07. The van der Waals surface area contributed by atoms with E-state index in [1.165, 1.54) is 5.56 Å². The lowest BCUT2D eigenvalue weighted by molar-refractivity contribution is -0.137. The molecule has 0 saturated carbocycles. The van der Waals surface area contributed by atoms with Gasteiger partial charge in [0.15, 0.2) is 0 Å². The van der Waals surface area contributed by atoms with Crippen molar-refractivity contribution < 1.29 is 9.59 Å². The number of likely N-dealkylation sites (tertiary alicyclic amines) is 1. The average molecular weight is 427 g/mol. The van der Waals surface area contributed by atoms with Crippen molar-refractivity contribution in [3.63, 3.8) is 0 Å². The van der Waals surface area contributed by atoms with Crippen LogP contribution in [-0.2, 0) is 4.79 Å². The first kappa shape index (κ1) is 22.4. The number of piperidine rings is 1. The molecule has 0 radical (unpaired) electrons. The molecule has 0 aromatic heterocycles. The van der Waals surface area contributed by atoms with E-state index < -0.39 is 6.04 Å². The standard InChI is InChI=1S/C25H31ClN2O2/c1-17(2)22(27-23(29)19-8-6-5-7-9-19)24(30)28-15-14-21(25(3,4)16-28)18-10-12-20(26)13-11-18/h5-13,17,21-22H,14-16H2,1-4H3,(H,27,29)/t21?,22-/m1/s1. The second kappa shape index (κ2) is 9.22. The maximum atomic E-state index is 13.4. The number of hydrogen-bond acceptors (Lipinski definition) is 2. The molecule has 1 heterocycles. The van der Waals surface area contributed by atoms with Gasteiger partial charge in [0.2, 0.25) is 5.91 Å². The number of carbonyl (C=O) groups is 2. The fourth-order valence-corrected chi connectivity index (χ4v) is 4.51. The van der Waals surface area contributed by atoms with Gasteiger partial charge in [-0.25, -0.2) is 0 Å². The summed E-state index contributed by atoms with van der Waals surface area (Å²) in [6.45, 7) is 9.69. The summed E-state index contributed by atoms with van der Waals surface area (Å²) in [6.07, 6.45) is 0.887. The molecule has 2 aromatic rings. The molecule has 1 fully saturated rings. The number of amides is 2. The van der Waals surface area contributed by atoms with Gasteiger partial charge in [0.25, 0.3) is 5.91 Å². The Hall–Kier alpha value is -2.33. The number of rotatable bonds is 5. The minimum Gasteiger partial charge on any atom is -0.340 e. The number of nitrogens with one attached hydrogen (secondary N) is 1. The highest BCUT2D eigenvalue weighted by Crippen LogP contribution is 2.42. The van der Waals surface area contributed by atoms with Gasteiger partial charge in [-0.1, -0.05) is 69.6 Å². The number of halogens is 1. The molecule has 2 amide bonds. The van der Waals surface area contributed by atoms with Crippen LogP contribution in [0.25, 0.3) is 0 Å². The van der Waals surface area contributed by atoms with E-state index in [1.807, 2.05) is 49.1 Å². The molecule has 1 aliphatic rings. The zero-order valence-corrected chi connectivity index (χ0v) is 18.9. The lowest BCUT2D eigenvalue weighted by Crippen LogP contribution is -2.55. The van der Waals surface area contributed by atoms with Crippen molar-refractivity contribution in [2.45, 2.75) is 46.1 Å². The molecule has 3 rings (SSSR count). The molecule has 5 heteroatoms. The normalized spacial score (nSPS) is 19.4. The summed E-state index contributed by atoms with van der Waals surface area (Å²) in [5, 5.41) is 3.70. The SMILES string of the molecule is CC(C)[C@@H](NC(=O)c1ccccc1)C(=O)N1CCC(c2ccc(Cl)cc2)C(C)(C)C1. The third-order valence-corrected chi connectivity index (χ3v) is 6.32. The second-order valence-electron chi connectivity index (χ2n) is 9.20. The van der Waals surface area contributed by atoms with Crippen molar-refractivity contribution >= 4 is 23.4 Å². The fraction of sp³-hybridized carbons (Fsp3) is 0.440. The molecule has 1 aliphatic heterocycles. The molecule has 4 nitrogen and oxygen atoms in total. The molecule has 2 aromatic carbocycles. The maximum Gasteiger partial charge on any atom is 0.251 e. The maximum absolute atomic E-state index is 13.4. The van der Waals surface area contributed by atoms with Gasteiger partial charge in [0, 0.05) is 23.7 Å². The van der Waals surface area contributed by atoms with Gasteiger partial charge in [0.05, 0.1) is 0 Å². The molecule has 30 heavy (non-hydrogen) atoms. The van der Waals surface area contributed by atoms with Crippen molar-refractivity contribution in [3.8, 4) is 0 Å². The van der Waals surface area contributed by atoms with Crippen LogP contribution >= 0.6 is 11.6 Å². The summed E-state index contributed by atoms with van der Waals surface area (Å²) in [7, 11) is 0. The minimum atomic E-state index is -0.541. The molecular formula is C25H31ClN2O2. The summed E-state index contributed by atoms with van der Waals surface area (Å²) >= 11 is 6.05. The van der Waals surface area contributed by atoms with Gasteiger partial charge in [-0.3, -0.25) is 9.59 Å². The summed E-state index contributed by atoms with van der Waals surface area (Å²) in [6, 6.07) is 16.5. The first-order valence-corrected chi connectivity index (χ1v) is 11.0. The molecule has 2 atom stereocenters. The summed E-state index contributed by atoms with van der Waals surface area (Å²) < 4.78 is 0. The first-order valence-electron chi connectivity index (χ1n) is 10.6. The van der Waals surface area contributed by atoms with Crippen molar-refractivity contribution in [2.24, 2.45) is 11.3 Å². The Kier molecular flexibility index (Phi) is 6.87. The Labute approximate surface area is 184 Å². The summed E-state index contributed by atoms with van der Waals surface area (Å²) in [4.78, 5) is 27.9. The molecule has 160 valence electrons. The lowest BCUT2D eigenvalue weighted by atomic mass is 9.70. The second-order valence-corrected chi connectivity index (χ2v) is 9.64. The molecule has 1 unspecified atom stereocenters. The predicted octanol–water partition coefficient (Wildman–Crippen LogP) is 5.14. The monoisotopic (exact) mass is 426 g/mol. The average Bonchev–Trinajstić information content (AvgIpc) is 2.72. The molecular weight excluding hydrogens is 396 g/mol. The van der Waals surface area contributed by atoms with Crippen LogP contribution in [0.15, 0.2) is 54.6 Å². The van der Waals surface area contributed by atoms with Gasteiger partial charge in [0.1, 0.15) is 6.04 Å². The number of nitrogens with zero attached hydrogens (tertiary/aromatic N) is 1. The van der Waals surface area contributed by atoms with E-state index in [4.69, 9.17) is 11.6 Å². The van der Waals surface area contributed by atoms with Crippen LogP contribution in [-0.4, -0.2) is 35.8 Å². The Morgan fingerprint density at radius 3 is 2.27 bits per heavy atom. The largest absolute Gasteiger partial charge is 0.340 e. The van der Waals surface area contributed by atoms with E-state index in [2.05, 4.69) is 31.3 Å². The van der Waals surface area contributed by atoms with Crippen LogP contribution < -0.4 is 5.32 Å². The van der Waals surface area contributed by atoms with E-state index in [1.54, 1.807) is 12.1 Å². The third kappa shape index (κ3) is 5.04. The van der Waals surface area contributed by atoms with Crippen LogP contribution in [0.2, 0.25) is 5.02 Å². The zero-order valence-electron chi connectivity index (χ0n) is 18.2. The van der Waals surface area contributed by atoms with Crippen molar-refractivity contribution in [1.29, 1.82) is 0 Å². The van der Waals surface area contributed by atoms with Gasteiger partial charge in [-0.2, -0.15) is 0 Å². The van der Waals surface area contributed by atoms with E-state index in [9.17, 15) is 9.59 Å². The topological polar surface area (TPSA) is 49.4 Å². The summed E-state index contributed by atoms with van der Waals surface area (Å²) in [5.41, 5.74) is 1.75. The van der Waals surface area contributed by atoms with Crippen LogP contribution in [0.4, 0.5) is 0 Å². The van der Waals surface area contributed by atoms with Crippen LogP contribution in [0.5, 0.6) is 0 Å². The number of carbonyl (C=O) groups excluding carboxylic acids is 2. The number of hydrogen-bond donors (Lipinski definition) is 1. The smallest absolute Gasteiger partial charge is 0.251 e. The molecule has 1 saturated heterocycles. The van der Waals surface area contributed by atoms with Crippen molar-refractivity contribution in [1.82, 2.24) is 10.2 Å². The Bertz CT molecular complexity index is 878. The highest BCUT2D eigenvalue weighted by molar-refractivity contribution is 6.30. The zero-order chi connectivity index (χ0) is 21.9. The van der Waals surface area contributed by atoms with Crippen LogP contribution in [0, 0.1) is 11.3 Å². The molecule has 0 aliphatic carbocycles. The Morgan fingerprint density at radius 2 is 1.70 bits per heavy atom. The quantitative estimate of drug-likeness (QED) is 0.719. The van der Waals surface area contributed by atoms with E-state index in [-0.39, 0.29) is 23.1 Å². The molecule has 1 N–H and O–H groups in total. The van der Waals surface area contributed by atoms with E-state index >= 15 is 0 Å². The molecule has 0 spiro atoms. The first-order chi connectivity index (χ1) is 14.2. The Morgan fingerprint density at radius 1 is 1.07 bits per heavy atom. The number of benzene rings is 2. The van der Waals surface area contributed by atoms with Gasteiger partial charge < -0.3 is 10.2 Å². The van der Waals surface area contributed by atoms with E-state index in [0.29, 0.717) is 24.6 Å². The molecule has 0 bridgehead atoms. The lowest BCUT2D eigenvalue weighted by Gasteiger charge is -2.45. The van der Waals surface area contributed by atoms with Crippen molar-refractivity contribution in [3.05, 3.63) is 70.7 Å². The highest BCUT2D eigenvalue weighted by Gasteiger charge is 2.40. The fourth-order valence-electron chi connectivity index (χ4n) is 4.38. The van der Waals surface area contributed by atoms with Gasteiger partial charge >= 0.3 is 0 Å². The Balaban J connectivity index is 1.72. The van der Waals surface area contributed by atoms with E-state index in [0.717, 1.165) is 11.4 Å². The van der Waals surface area contributed by atoms with Crippen LogP contribution in [0.3, 0.4) is 0 Å². The van der Waals surface area contributed by atoms with Crippen molar-refractivity contribution in [2.75, 3.05) is 13.1 Å². The predicted molar refractivity (Wildman–Crippen MR) is 122 cm³/mol. The highest BCUT2D eigenvalue weighted by atomic mass is 35.5. The van der Waals surface area contributed by atoms with Gasteiger partial charge in [-0.15, -0.1) is 0 Å². The summed E-state index contributed by atoms with van der Waals surface area (Å²) in [5.74, 6) is 0.146.